The zero-order valence-corrected chi connectivity index (χ0v) is 10.8. The largest absolute Gasteiger partial charge is 0.326 e. The number of nitrogens with two attached hydrogens (primary N) is 1. The van der Waals surface area contributed by atoms with Gasteiger partial charge in [-0.15, -0.1) is 0 Å². The summed E-state index contributed by atoms with van der Waals surface area (Å²) in [6, 6.07) is 7.36. The molecule has 94 valence electrons. The lowest BCUT2D eigenvalue weighted by molar-refractivity contribution is 0.557. The number of benzene rings is 1. The number of hydrogen-bond donors (Lipinski definition) is 2. The van der Waals surface area contributed by atoms with E-state index in [1.165, 1.54) is 0 Å². The van der Waals surface area contributed by atoms with Gasteiger partial charge in [0.25, 0.3) is 0 Å². The maximum Gasteiger partial charge on any atom is 0.216 e. The van der Waals surface area contributed by atoms with Gasteiger partial charge in [-0.3, -0.25) is 0 Å². The van der Waals surface area contributed by atoms with Crippen LogP contribution in [0, 0.1) is 0 Å². The van der Waals surface area contributed by atoms with E-state index in [1.54, 1.807) is 0 Å². The molecule has 1 aliphatic carbocycles. The van der Waals surface area contributed by atoms with E-state index in [-0.39, 0.29) is 11.3 Å². The highest BCUT2D eigenvalue weighted by atomic mass is 32.2. The number of rotatable bonds is 5. The van der Waals surface area contributed by atoms with Crippen molar-refractivity contribution in [2.24, 2.45) is 5.73 Å². The predicted molar refractivity (Wildman–Crippen MR) is 67.7 cm³/mol. The van der Waals surface area contributed by atoms with Crippen molar-refractivity contribution in [1.82, 2.24) is 4.72 Å². The minimum absolute atomic E-state index is 0.0352. The molecule has 1 aromatic rings. The van der Waals surface area contributed by atoms with Crippen LogP contribution in [0.5, 0.6) is 0 Å². The van der Waals surface area contributed by atoms with Crippen molar-refractivity contribution in [2.45, 2.75) is 37.6 Å². The molecule has 0 amide bonds. The third kappa shape index (κ3) is 3.52. The fourth-order valence-electron chi connectivity index (χ4n) is 1.69. The number of sulfonamides is 1. The summed E-state index contributed by atoms with van der Waals surface area (Å²) in [5, 5.41) is 0. The van der Waals surface area contributed by atoms with E-state index in [1.807, 2.05) is 31.2 Å². The second-order valence-electron chi connectivity index (χ2n) is 4.94. The van der Waals surface area contributed by atoms with E-state index in [0.717, 1.165) is 24.0 Å². The Hall–Kier alpha value is -0.910. The van der Waals surface area contributed by atoms with Crippen molar-refractivity contribution in [3.8, 4) is 0 Å². The molecule has 0 atom stereocenters. The topological polar surface area (TPSA) is 72.2 Å². The molecule has 3 N–H and O–H groups in total. The average Bonchev–Trinajstić information content (AvgIpc) is 2.95. The number of nitrogens with one attached hydrogen (secondary N) is 1. The smallest absolute Gasteiger partial charge is 0.216 e. The second-order valence-corrected chi connectivity index (χ2v) is 6.66. The van der Waals surface area contributed by atoms with Gasteiger partial charge in [0.1, 0.15) is 0 Å². The molecule has 0 saturated heterocycles. The lowest BCUT2D eigenvalue weighted by Gasteiger charge is -2.12. The molecule has 0 aliphatic heterocycles. The summed E-state index contributed by atoms with van der Waals surface area (Å²) in [5.41, 5.74) is 7.09. The molecule has 0 unspecified atom stereocenters. The van der Waals surface area contributed by atoms with Gasteiger partial charge in [-0.2, -0.15) is 0 Å². The van der Waals surface area contributed by atoms with Crippen molar-refractivity contribution in [2.75, 3.05) is 0 Å². The third-order valence-corrected chi connectivity index (χ3v) is 4.53. The van der Waals surface area contributed by atoms with Crippen LogP contribution in [-0.4, -0.2) is 14.0 Å². The van der Waals surface area contributed by atoms with Crippen LogP contribution < -0.4 is 10.5 Å². The van der Waals surface area contributed by atoms with Gasteiger partial charge < -0.3 is 5.73 Å². The highest BCUT2D eigenvalue weighted by Gasteiger charge is 2.40. The summed E-state index contributed by atoms with van der Waals surface area (Å²) in [5.74, 6) is 0.0352. The van der Waals surface area contributed by atoms with E-state index >= 15 is 0 Å². The first-order valence-corrected chi connectivity index (χ1v) is 7.37. The summed E-state index contributed by atoms with van der Waals surface area (Å²) >= 11 is 0. The quantitative estimate of drug-likeness (QED) is 0.827. The van der Waals surface area contributed by atoms with E-state index in [9.17, 15) is 8.42 Å². The molecule has 0 spiro atoms. The van der Waals surface area contributed by atoms with E-state index in [4.69, 9.17) is 5.73 Å². The van der Waals surface area contributed by atoms with Crippen molar-refractivity contribution in [3.05, 3.63) is 35.4 Å². The van der Waals surface area contributed by atoms with Crippen molar-refractivity contribution in [1.29, 1.82) is 0 Å². The van der Waals surface area contributed by atoms with Crippen LogP contribution in [0.1, 0.15) is 30.9 Å². The van der Waals surface area contributed by atoms with Gasteiger partial charge in [-0.05, 0) is 30.9 Å². The van der Waals surface area contributed by atoms with Gasteiger partial charge in [0.05, 0.1) is 5.75 Å². The molecular formula is C12H18N2O2S. The Labute approximate surface area is 102 Å². The van der Waals surface area contributed by atoms with Crippen LogP contribution in [0.4, 0.5) is 0 Å². The monoisotopic (exact) mass is 254 g/mol. The zero-order valence-electron chi connectivity index (χ0n) is 9.94. The molecule has 1 aromatic carbocycles. The first-order valence-electron chi connectivity index (χ1n) is 5.72. The first kappa shape index (κ1) is 12.5. The van der Waals surface area contributed by atoms with E-state index < -0.39 is 10.0 Å². The van der Waals surface area contributed by atoms with Crippen molar-refractivity contribution >= 4 is 10.0 Å². The molecule has 1 saturated carbocycles. The van der Waals surface area contributed by atoms with Crippen LogP contribution >= 0.6 is 0 Å². The van der Waals surface area contributed by atoms with Gasteiger partial charge in [0, 0.05) is 12.1 Å². The molecule has 1 fully saturated rings. The Kier molecular flexibility index (Phi) is 3.25. The number of hydrogen-bond acceptors (Lipinski definition) is 3. The Morgan fingerprint density at radius 1 is 1.24 bits per heavy atom. The SMILES string of the molecule is CC1(NS(=O)(=O)Cc2ccc(CN)cc2)CC1. The molecule has 0 bridgehead atoms. The highest BCUT2D eigenvalue weighted by molar-refractivity contribution is 7.88. The first-order chi connectivity index (χ1) is 7.92. The average molecular weight is 254 g/mol. The van der Waals surface area contributed by atoms with E-state index in [0.29, 0.717) is 6.54 Å². The molecule has 5 heteroatoms. The molecular weight excluding hydrogens is 236 g/mol. The van der Waals surface area contributed by atoms with Crippen molar-refractivity contribution in [3.63, 3.8) is 0 Å². The van der Waals surface area contributed by atoms with Crippen molar-refractivity contribution < 1.29 is 8.42 Å². The predicted octanol–water partition coefficient (Wildman–Crippen LogP) is 1.12. The summed E-state index contributed by atoms with van der Waals surface area (Å²) in [6.45, 7) is 2.41. The Balaban J connectivity index is 2.03. The van der Waals surface area contributed by atoms with Gasteiger partial charge in [-0.1, -0.05) is 24.3 Å². The van der Waals surface area contributed by atoms with Gasteiger partial charge in [0.15, 0.2) is 0 Å². The molecule has 2 rings (SSSR count). The standard InChI is InChI=1S/C12H18N2O2S/c1-12(6-7-12)14-17(15,16)9-11-4-2-10(8-13)3-5-11/h2-5,14H,6-9,13H2,1H3. The van der Waals surface area contributed by atoms with Crippen LogP contribution in [0.3, 0.4) is 0 Å². The molecule has 4 nitrogen and oxygen atoms in total. The minimum Gasteiger partial charge on any atom is -0.326 e. The Morgan fingerprint density at radius 3 is 2.24 bits per heavy atom. The summed E-state index contributed by atoms with van der Waals surface area (Å²) in [7, 11) is -3.23. The third-order valence-electron chi connectivity index (χ3n) is 3.02. The molecule has 0 heterocycles. The lowest BCUT2D eigenvalue weighted by atomic mass is 10.1. The summed E-state index contributed by atoms with van der Waals surface area (Å²) < 4.78 is 26.5. The minimum atomic E-state index is -3.23. The highest BCUT2D eigenvalue weighted by Crippen LogP contribution is 2.35. The van der Waals surface area contributed by atoms with Gasteiger partial charge >= 0.3 is 0 Å². The zero-order chi connectivity index (χ0) is 12.5. The fraction of sp³-hybridized carbons (Fsp3) is 0.500. The maximum atomic E-state index is 11.9. The van der Waals surface area contributed by atoms with Crippen LogP contribution in [0.25, 0.3) is 0 Å². The molecule has 1 aliphatic rings. The molecule has 0 radical (unpaired) electrons. The normalized spacial score (nSPS) is 18.0. The van der Waals surface area contributed by atoms with Gasteiger partial charge in [-0.25, -0.2) is 13.1 Å². The Bertz CT molecular complexity index is 490. The molecule has 0 aromatic heterocycles. The lowest BCUT2D eigenvalue weighted by Crippen LogP contribution is -2.35. The summed E-state index contributed by atoms with van der Waals surface area (Å²) in [6.07, 6.45) is 1.86. The van der Waals surface area contributed by atoms with E-state index in [2.05, 4.69) is 4.72 Å². The fourth-order valence-corrected chi connectivity index (χ4v) is 3.35. The summed E-state index contributed by atoms with van der Waals surface area (Å²) in [4.78, 5) is 0. The van der Waals surface area contributed by atoms with Crippen LogP contribution in [0.2, 0.25) is 0 Å². The second kappa shape index (κ2) is 4.40. The van der Waals surface area contributed by atoms with Crippen LogP contribution in [0.15, 0.2) is 24.3 Å². The van der Waals surface area contributed by atoms with Gasteiger partial charge in [0.2, 0.25) is 10.0 Å². The maximum absolute atomic E-state index is 11.9. The molecule has 17 heavy (non-hydrogen) atoms. The Morgan fingerprint density at radius 2 is 1.76 bits per heavy atom. The van der Waals surface area contributed by atoms with Crippen LogP contribution in [-0.2, 0) is 22.3 Å².